The Kier molecular flexibility index (Phi) is 2.25. The maximum absolute atomic E-state index is 11.0. The van der Waals surface area contributed by atoms with Gasteiger partial charge < -0.3 is 5.73 Å². The molecule has 1 rings (SSSR count). The lowest BCUT2D eigenvalue weighted by Gasteiger charge is -2.01. The van der Waals surface area contributed by atoms with E-state index in [2.05, 4.69) is 4.98 Å². The summed E-state index contributed by atoms with van der Waals surface area (Å²) in [6, 6.07) is 0. The van der Waals surface area contributed by atoms with Gasteiger partial charge in [0.1, 0.15) is 0 Å². The third-order valence-electron chi connectivity index (χ3n) is 1.34. The number of nitrogen functional groups attached to an aromatic ring is 1. The highest BCUT2D eigenvalue weighted by atomic mass is 16.1. The molecule has 0 aliphatic rings. The predicted molar refractivity (Wildman–Crippen MR) is 43.2 cm³/mol. The maximum Gasteiger partial charge on any atom is 0.347 e. The standard InChI is InChI=1S/C7H11N3O/c1-2-3-10-5-6(8)4-9-7(10)11/h4-5H,2-3,8H2,1H3. The van der Waals surface area contributed by atoms with E-state index in [1.54, 1.807) is 6.20 Å². The number of aryl methyl sites for hydroxylation is 1. The highest BCUT2D eigenvalue weighted by Gasteiger charge is 1.94. The summed E-state index contributed by atoms with van der Waals surface area (Å²) in [5.74, 6) is 0. The van der Waals surface area contributed by atoms with Crippen molar-refractivity contribution < 1.29 is 0 Å². The molecule has 1 aromatic heterocycles. The van der Waals surface area contributed by atoms with Gasteiger partial charge in [-0.1, -0.05) is 6.92 Å². The van der Waals surface area contributed by atoms with Crippen LogP contribution in [0.15, 0.2) is 17.2 Å². The zero-order valence-electron chi connectivity index (χ0n) is 6.45. The van der Waals surface area contributed by atoms with Crippen LogP contribution in [0, 0.1) is 0 Å². The van der Waals surface area contributed by atoms with E-state index < -0.39 is 0 Å². The molecule has 0 radical (unpaired) electrons. The first kappa shape index (κ1) is 7.78. The van der Waals surface area contributed by atoms with E-state index >= 15 is 0 Å². The maximum atomic E-state index is 11.0. The first-order valence-corrected chi connectivity index (χ1v) is 3.56. The van der Waals surface area contributed by atoms with Crippen molar-refractivity contribution in [2.45, 2.75) is 19.9 Å². The summed E-state index contributed by atoms with van der Waals surface area (Å²) in [6.45, 7) is 2.67. The van der Waals surface area contributed by atoms with Gasteiger partial charge in [-0.15, -0.1) is 0 Å². The summed E-state index contributed by atoms with van der Waals surface area (Å²) >= 11 is 0. The molecule has 4 nitrogen and oxygen atoms in total. The number of nitrogens with zero attached hydrogens (tertiary/aromatic N) is 2. The van der Waals surface area contributed by atoms with Crippen molar-refractivity contribution in [2.24, 2.45) is 0 Å². The lowest BCUT2D eigenvalue weighted by Crippen LogP contribution is -2.22. The van der Waals surface area contributed by atoms with E-state index in [1.165, 1.54) is 10.8 Å². The van der Waals surface area contributed by atoms with Gasteiger partial charge in [0, 0.05) is 12.7 Å². The molecule has 11 heavy (non-hydrogen) atoms. The summed E-state index contributed by atoms with van der Waals surface area (Å²) in [5, 5.41) is 0. The van der Waals surface area contributed by atoms with Crippen molar-refractivity contribution in [3.8, 4) is 0 Å². The second-order valence-corrected chi connectivity index (χ2v) is 2.36. The summed E-state index contributed by atoms with van der Waals surface area (Å²) in [5.41, 5.74) is 5.73. The van der Waals surface area contributed by atoms with Crippen LogP contribution in [-0.2, 0) is 6.54 Å². The molecular weight excluding hydrogens is 142 g/mol. The lowest BCUT2D eigenvalue weighted by atomic mass is 10.4. The minimum atomic E-state index is -0.235. The van der Waals surface area contributed by atoms with Gasteiger partial charge in [-0.2, -0.15) is 4.98 Å². The average Bonchev–Trinajstić information content (AvgIpc) is 1.98. The molecule has 0 atom stereocenters. The Bertz CT molecular complexity index is 292. The number of anilines is 1. The lowest BCUT2D eigenvalue weighted by molar-refractivity contribution is 0.637. The quantitative estimate of drug-likeness (QED) is 0.661. The van der Waals surface area contributed by atoms with Crippen LogP contribution in [0.1, 0.15) is 13.3 Å². The van der Waals surface area contributed by atoms with Crippen LogP contribution < -0.4 is 11.4 Å². The topological polar surface area (TPSA) is 60.9 Å². The zero-order chi connectivity index (χ0) is 8.27. The van der Waals surface area contributed by atoms with Gasteiger partial charge in [-0.25, -0.2) is 4.79 Å². The van der Waals surface area contributed by atoms with Crippen LogP contribution in [0.2, 0.25) is 0 Å². The van der Waals surface area contributed by atoms with Gasteiger partial charge in [-0.3, -0.25) is 4.57 Å². The molecule has 0 aliphatic heterocycles. The third kappa shape index (κ3) is 1.80. The highest BCUT2D eigenvalue weighted by Crippen LogP contribution is 1.93. The van der Waals surface area contributed by atoms with E-state index in [9.17, 15) is 4.79 Å². The molecular formula is C7H11N3O. The number of rotatable bonds is 2. The van der Waals surface area contributed by atoms with E-state index in [1.807, 2.05) is 6.92 Å². The summed E-state index contributed by atoms with van der Waals surface area (Å²) < 4.78 is 1.51. The number of aromatic nitrogens is 2. The minimum Gasteiger partial charge on any atom is -0.396 e. The summed E-state index contributed by atoms with van der Waals surface area (Å²) in [4.78, 5) is 14.5. The molecule has 0 bridgehead atoms. The first-order valence-electron chi connectivity index (χ1n) is 3.56. The van der Waals surface area contributed by atoms with Crippen LogP contribution in [0.25, 0.3) is 0 Å². The van der Waals surface area contributed by atoms with Crippen molar-refractivity contribution in [1.29, 1.82) is 0 Å². The van der Waals surface area contributed by atoms with Gasteiger partial charge >= 0.3 is 5.69 Å². The van der Waals surface area contributed by atoms with Crippen molar-refractivity contribution in [1.82, 2.24) is 9.55 Å². The third-order valence-corrected chi connectivity index (χ3v) is 1.34. The smallest absolute Gasteiger partial charge is 0.347 e. The Labute approximate surface area is 64.7 Å². The average molecular weight is 153 g/mol. The van der Waals surface area contributed by atoms with E-state index in [0.717, 1.165) is 6.42 Å². The molecule has 0 saturated heterocycles. The van der Waals surface area contributed by atoms with Crippen LogP contribution in [-0.4, -0.2) is 9.55 Å². The normalized spacial score (nSPS) is 9.91. The van der Waals surface area contributed by atoms with Crippen molar-refractivity contribution in [3.05, 3.63) is 22.9 Å². The summed E-state index contributed by atoms with van der Waals surface area (Å²) in [6.07, 6.45) is 3.89. The Hall–Kier alpha value is -1.32. The molecule has 0 unspecified atom stereocenters. The minimum absolute atomic E-state index is 0.235. The fourth-order valence-corrected chi connectivity index (χ4v) is 0.874. The number of hydrogen-bond acceptors (Lipinski definition) is 3. The second-order valence-electron chi connectivity index (χ2n) is 2.36. The fraction of sp³-hybridized carbons (Fsp3) is 0.429. The molecule has 0 fully saturated rings. The van der Waals surface area contributed by atoms with Crippen molar-refractivity contribution >= 4 is 5.69 Å². The molecule has 2 N–H and O–H groups in total. The van der Waals surface area contributed by atoms with Crippen LogP contribution in [0.4, 0.5) is 5.69 Å². The first-order chi connectivity index (χ1) is 5.24. The zero-order valence-corrected chi connectivity index (χ0v) is 6.45. The van der Waals surface area contributed by atoms with Crippen molar-refractivity contribution in [3.63, 3.8) is 0 Å². The molecule has 0 spiro atoms. The molecule has 1 heterocycles. The van der Waals surface area contributed by atoms with Gasteiger partial charge in [0.15, 0.2) is 0 Å². The van der Waals surface area contributed by atoms with Gasteiger partial charge in [0.05, 0.1) is 11.9 Å². The Morgan fingerprint density at radius 1 is 1.73 bits per heavy atom. The van der Waals surface area contributed by atoms with Crippen LogP contribution >= 0.6 is 0 Å². The number of nitrogens with two attached hydrogens (primary N) is 1. The van der Waals surface area contributed by atoms with Crippen LogP contribution in [0.5, 0.6) is 0 Å². The van der Waals surface area contributed by atoms with Crippen molar-refractivity contribution in [2.75, 3.05) is 5.73 Å². The molecule has 0 saturated carbocycles. The van der Waals surface area contributed by atoms with E-state index in [-0.39, 0.29) is 5.69 Å². The predicted octanol–water partition coefficient (Wildman–Crippen LogP) is 0.236. The monoisotopic (exact) mass is 153 g/mol. The summed E-state index contributed by atoms with van der Waals surface area (Å²) in [7, 11) is 0. The SMILES string of the molecule is CCCn1cc(N)cnc1=O. The molecule has 1 aromatic rings. The van der Waals surface area contributed by atoms with Gasteiger partial charge in [-0.05, 0) is 6.42 Å². The molecule has 0 amide bonds. The Morgan fingerprint density at radius 2 is 2.45 bits per heavy atom. The van der Waals surface area contributed by atoms with Crippen LogP contribution in [0.3, 0.4) is 0 Å². The Balaban J connectivity index is 3.03. The van der Waals surface area contributed by atoms with Gasteiger partial charge in [0.2, 0.25) is 0 Å². The highest BCUT2D eigenvalue weighted by molar-refractivity contribution is 5.29. The van der Waals surface area contributed by atoms with Gasteiger partial charge in [0.25, 0.3) is 0 Å². The van der Waals surface area contributed by atoms with E-state index in [4.69, 9.17) is 5.73 Å². The second kappa shape index (κ2) is 3.18. The largest absolute Gasteiger partial charge is 0.396 e. The molecule has 0 aromatic carbocycles. The molecule has 60 valence electrons. The Morgan fingerprint density at radius 3 is 3.09 bits per heavy atom. The molecule has 0 aliphatic carbocycles. The molecule has 4 heteroatoms. The fourth-order valence-electron chi connectivity index (χ4n) is 0.874. The number of hydrogen-bond donors (Lipinski definition) is 1. The van der Waals surface area contributed by atoms with E-state index in [0.29, 0.717) is 12.2 Å².